The fourth-order valence-electron chi connectivity index (χ4n) is 1.57. The minimum Gasteiger partial charge on any atom is -0.492 e. The van der Waals surface area contributed by atoms with Crippen LogP contribution in [0.15, 0.2) is 48.5 Å². The van der Waals surface area contributed by atoms with E-state index >= 15 is 0 Å². The first-order valence-electron chi connectivity index (χ1n) is 5.72. The molecule has 0 aliphatic heterocycles. The van der Waals surface area contributed by atoms with Gasteiger partial charge in [-0.05, 0) is 30.3 Å². The SMILES string of the molecule is Nc1cc(F)ccc1NCCOc1ccccc1. The van der Waals surface area contributed by atoms with Crippen molar-refractivity contribution < 1.29 is 9.13 Å². The molecule has 0 atom stereocenters. The smallest absolute Gasteiger partial charge is 0.125 e. The van der Waals surface area contributed by atoms with Gasteiger partial charge in [-0.3, -0.25) is 0 Å². The second kappa shape index (κ2) is 5.91. The number of anilines is 2. The molecule has 2 aromatic rings. The van der Waals surface area contributed by atoms with Crippen molar-refractivity contribution in [2.24, 2.45) is 0 Å². The maximum Gasteiger partial charge on any atom is 0.125 e. The predicted molar refractivity (Wildman–Crippen MR) is 71.2 cm³/mol. The Balaban J connectivity index is 1.79. The molecule has 3 N–H and O–H groups in total. The Kier molecular flexibility index (Phi) is 4.02. The van der Waals surface area contributed by atoms with Crippen molar-refractivity contribution in [1.29, 1.82) is 0 Å². The first-order chi connectivity index (χ1) is 8.75. The van der Waals surface area contributed by atoms with E-state index in [1.807, 2.05) is 30.3 Å². The molecular weight excluding hydrogens is 231 g/mol. The second-order valence-corrected chi connectivity index (χ2v) is 3.82. The van der Waals surface area contributed by atoms with Crippen molar-refractivity contribution in [2.75, 3.05) is 24.2 Å². The van der Waals surface area contributed by atoms with Gasteiger partial charge in [0.05, 0.1) is 11.4 Å². The van der Waals surface area contributed by atoms with Gasteiger partial charge in [0.15, 0.2) is 0 Å². The number of benzene rings is 2. The molecule has 0 aliphatic carbocycles. The number of nitrogens with one attached hydrogen (secondary N) is 1. The Bertz CT molecular complexity index is 502. The van der Waals surface area contributed by atoms with Gasteiger partial charge in [0, 0.05) is 6.54 Å². The van der Waals surface area contributed by atoms with Gasteiger partial charge in [0.2, 0.25) is 0 Å². The molecule has 0 amide bonds. The number of hydrogen-bond acceptors (Lipinski definition) is 3. The number of rotatable bonds is 5. The fraction of sp³-hybridized carbons (Fsp3) is 0.143. The van der Waals surface area contributed by atoms with Gasteiger partial charge in [0.25, 0.3) is 0 Å². The molecule has 2 aromatic carbocycles. The molecule has 2 rings (SSSR count). The highest BCUT2D eigenvalue weighted by Crippen LogP contribution is 2.18. The van der Waals surface area contributed by atoms with E-state index in [9.17, 15) is 4.39 Å². The fourth-order valence-corrected chi connectivity index (χ4v) is 1.57. The van der Waals surface area contributed by atoms with Crippen LogP contribution in [0, 0.1) is 5.82 Å². The number of hydrogen-bond donors (Lipinski definition) is 2. The zero-order valence-corrected chi connectivity index (χ0v) is 9.90. The molecule has 4 heteroatoms. The molecule has 0 spiro atoms. The van der Waals surface area contributed by atoms with E-state index in [4.69, 9.17) is 10.5 Å². The molecular formula is C14H15FN2O. The van der Waals surface area contributed by atoms with Gasteiger partial charge < -0.3 is 15.8 Å². The van der Waals surface area contributed by atoms with Gasteiger partial charge in [-0.25, -0.2) is 4.39 Å². The first kappa shape index (κ1) is 12.2. The Morgan fingerprint density at radius 3 is 2.61 bits per heavy atom. The van der Waals surface area contributed by atoms with Crippen LogP contribution in [0.4, 0.5) is 15.8 Å². The third-order valence-electron chi connectivity index (χ3n) is 2.44. The summed E-state index contributed by atoms with van der Waals surface area (Å²) in [7, 11) is 0. The van der Waals surface area contributed by atoms with E-state index in [2.05, 4.69) is 5.32 Å². The van der Waals surface area contributed by atoms with E-state index < -0.39 is 0 Å². The molecule has 0 fully saturated rings. The van der Waals surface area contributed by atoms with Crippen LogP contribution in [0.25, 0.3) is 0 Å². The number of nitrogen functional groups attached to an aromatic ring is 1. The summed E-state index contributed by atoms with van der Waals surface area (Å²) >= 11 is 0. The standard InChI is InChI=1S/C14H15FN2O/c15-11-6-7-14(13(16)10-11)17-8-9-18-12-4-2-1-3-5-12/h1-7,10,17H,8-9,16H2. The van der Waals surface area contributed by atoms with Gasteiger partial charge in [-0.1, -0.05) is 18.2 Å². The first-order valence-corrected chi connectivity index (χ1v) is 5.72. The van der Waals surface area contributed by atoms with Crippen molar-refractivity contribution in [3.63, 3.8) is 0 Å². The number of ether oxygens (including phenoxy) is 1. The second-order valence-electron chi connectivity index (χ2n) is 3.82. The van der Waals surface area contributed by atoms with Crippen LogP contribution < -0.4 is 15.8 Å². The summed E-state index contributed by atoms with van der Waals surface area (Å²) in [5, 5.41) is 3.09. The molecule has 0 saturated heterocycles. The van der Waals surface area contributed by atoms with Crippen LogP contribution in [0.3, 0.4) is 0 Å². The van der Waals surface area contributed by atoms with Crippen LogP contribution >= 0.6 is 0 Å². The lowest BCUT2D eigenvalue weighted by Gasteiger charge is -2.10. The van der Waals surface area contributed by atoms with Crippen molar-refractivity contribution in [1.82, 2.24) is 0 Å². The maximum atomic E-state index is 12.8. The van der Waals surface area contributed by atoms with Crippen molar-refractivity contribution in [2.45, 2.75) is 0 Å². The number of para-hydroxylation sites is 1. The van der Waals surface area contributed by atoms with Gasteiger partial charge >= 0.3 is 0 Å². The van der Waals surface area contributed by atoms with Crippen LogP contribution in [-0.2, 0) is 0 Å². The lowest BCUT2D eigenvalue weighted by atomic mass is 10.2. The molecule has 0 unspecified atom stereocenters. The summed E-state index contributed by atoms with van der Waals surface area (Å²) in [6.45, 7) is 1.12. The Morgan fingerprint density at radius 2 is 1.89 bits per heavy atom. The lowest BCUT2D eigenvalue weighted by molar-refractivity contribution is 0.333. The third kappa shape index (κ3) is 3.38. The van der Waals surface area contributed by atoms with E-state index in [-0.39, 0.29) is 5.82 Å². The van der Waals surface area contributed by atoms with Crippen LogP contribution in [0.1, 0.15) is 0 Å². The largest absolute Gasteiger partial charge is 0.492 e. The molecule has 3 nitrogen and oxygen atoms in total. The lowest BCUT2D eigenvalue weighted by Crippen LogP contribution is -2.12. The molecule has 18 heavy (non-hydrogen) atoms. The molecule has 0 aromatic heterocycles. The molecule has 94 valence electrons. The minimum absolute atomic E-state index is 0.335. The highest BCUT2D eigenvalue weighted by atomic mass is 19.1. The molecule has 0 heterocycles. The summed E-state index contributed by atoms with van der Waals surface area (Å²) in [6.07, 6.45) is 0. The van der Waals surface area contributed by atoms with Crippen molar-refractivity contribution in [3.05, 3.63) is 54.3 Å². The van der Waals surface area contributed by atoms with E-state index in [1.165, 1.54) is 12.1 Å². The van der Waals surface area contributed by atoms with E-state index in [0.29, 0.717) is 24.5 Å². The average molecular weight is 246 g/mol. The summed E-state index contributed by atoms with van der Waals surface area (Å²) in [6, 6.07) is 13.8. The van der Waals surface area contributed by atoms with Crippen LogP contribution in [0.5, 0.6) is 5.75 Å². The predicted octanol–water partition coefficient (Wildman–Crippen LogP) is 2.90. The Labute approximate surface area is 105 Å². The topological polar surface area (TPSA) is 47.3 Å². The van der Waals surface area contributed by atoms with Gasteiger partial charge in [-0.2, -0.15) is 0 Å². The third-order valence-corrected chi connectivity index (χ3v) is 2.44. The monoisotopic (exact) mass is 246 g/mol. The van der Waals surface area contributed by atoms with Crippen molar-refractivity contribution in [3.8, 4) is 5.75 Å². The van der Waals surface area contributed by atoms with Crippen molar-refractivity contribution >= 4 is 11.4 Å². The average Bonchev–Trinajstić information content (AvgIpc) is 2.38. The zero-order valence-electron chi connectivity index (χ0n) is 9.90. The number of halogens is 1. The molecule has 0 saturated carbocycles. The number of nitrogens with two attached hydrogens (primary N) is 1. The Hall–Kier alpha value is -2.23. The van der Waals surface area contributed by atoms with Gasteiger partial charge in [0.1, 0.15) is 18.2 Å². The summed E-state index contributed by atoms with van der Waals surface area (Å²) < 4.78 is 18.3. The quantitative estimate of drug-likeness (QED) is 0.630. The summed E-state index contributed by atoms with van der Waals surface area (Å²) in [4.78, 5) is 0. The normalized spacial score (nSPS) is 10.1. The van der Waals surface area contributed by atoms with Crippen LogP contribution in [-0.4, -0.2) is 13.2 Å². The van der Waals surface area contributed by atoms with E-state index in [0.717, 1.165) is 5.75 Å². The molecule has 0 radical (unpaired) electrons. The minimum atomic E-state index is -0.335. The van der Waals surface area contributed by atoms with Crippen LogP contribution in [0.2, 0.25) is 0 Å². The van der Waals surface area contributed by atoms with Gasteiger partial charge in [-0.15, -0.1) is 0 Å². The summed E-state index contributed by atoms with van der Waals surface area (Å²) in [5.74, 6) is 0.491. The van der Waals surface area contributed by atoms with E-state index in [1.54, 1.807) is 6.07 Å². The highest BCUT2D eigenvalue weighted by molar-refractivity contribution is 5.65. The molecule has 0 aliphatic rings. The zero-order chi connectivity index (χ0) is 12.8. The summed E-state index contributed by atoms with van der Waals surface area (Å²) in [5.41, 5.74) is 6.79. The Morgan fingerprint density at radius 1 is 1.11 bits per heavy atom. The molecule has 0 bridgehead atoms. The highest BCUT2D eigenvalue weighted by Gasteiger charge is 1.99. The maximum absolute atomic E-state index is 12.8.